The van der Waals surface area contributed by atoms with Crippen molar-refractivity contribution < 1.29 is 22.8 Å². The first-order chi connectivity index (χ1) is 16.8. The topological polar surface area (TPSA) is 77.6 Å². The van der Waals surface area contributed by atoms with Crippen LogP contribution < -0.4 is 10.6 Å². The SMILES string of the molecule is O=C1NC(N2CCN(C(=O)c3cncc(-c4cccc(C(F)(F)F)c4)c3)CC2)NC2CCCCC12. The van der Waals surface area contributed by atoms with E-state index in [1.807, 2.05) is 0 Å². The van der Waals surface area contributed by atoms with Gasteiger partial charge in [-0.1, -0.05) is 25.0 Å². The van der Waals surface area contributed by atoms with Crippen molar-refractivity contribution in [2.75, 3.05) is 26.2 Å². The Morgan fingerprint density at radius 3 is 2.54 bits per heavy atom. The molecule has 2 amide bonds. The molecule has 1 saturated carbocycles. The van der Waals surface area contributed by atoms with Gasteiger partial charge in [-0.05, 0) is 36.6 Å². The lowest BCUT2D eigenvalue weighted by Crippen LogP contribution is -2.69. The van der Waals surface area contributed by atoms with Crippen molar-refractivity contribution in [3.8, 4) is 11.1 Å². The molecule has 10 heteroatoms. The number of rotatable bonds is 3. The Kier molecular flexibility index (Phi) is 6.50. The molecule has 1 aromatic heterocycles. The molecule has 0 radical (unpaired) electrons. The van der Waals surface area contributed by atoms with Crippen LogP contribution in [0.15, 0.2) is 42.7 Å². The third-order valence-corrected chi connectivity index (χ3v) is 7.23. The zero-order valence-electron chi connectivity index (χ0n) is 19.2. The fourth-order valence-electron chi connectivity index (χ4n) is 5.28. The summed E-state index contributed by atoms with van der Waals surface area (Å²) in [5, 5.41) is 6.66. The number of nitrogens with zero attached hydrogens (tertiary/aromatic N) is 3. The molecule has 3 heterocycles. The Balaban J connectivity index is 1.23. The molecule has 186 valence electrons. The monoisotopic (exact) mass is 487 g/mol. The van der Waals surface area contributed by atoms with Gasteiger partial charge < -0.3 is 10.2 Å². The third kappa shape index (κ3) is 5.04. The van der Waals surface area contributed by atoms with Crippen LogP contribution in [0.5, 0.6) is 0 Å². The molecule has 3 atom stereocenters. The Hall–Kier alpha value is -2.98. The molecule has 5 rings (SSSR count). The van der Waals surface area contributed by atoms with Crippen LogP contribution in [0, 0.1) is 5.92 Å². The van der Waals surface area contributed by atoms with E-state index in [0.717, 1.165) is 37.8 Å². The quantitative estimate of drug-likeness (QED) is 0.696. The molecule has 35 heavy (non-hydrogen) atoms. The van der Waals surface area contributed by atoms with Gasteiger partial charge in [-0.2, -0.15) is 13.2 Å². The summed E-state index contributed by atoms with van der Waals surface area (Å²) in [7, 11) is 0. The summed E-state index contributed by atoms with van der Waals surface area (Å²) in [6, 6.07) is 6.78. The highest BCUT2D eigenvalue weighted by atomic mass is 19.4. The molecule has 2 aromatic rings. The largest absolute Gasteiger partial charge is 0.416 e. The van der Waals surface area contributed by atoms with Crippen LogP contribution in [0.2, 0.25) is 0 Å². The minimum atomic E-state index is -4.44. The fourth-order valence-corrected chi connectivity index (χ4v) is 5.28. The predicted molar refractivity (Wildman–Crippen MR) is 123 cm³/mol. The molecule has 0 bridgehead atoms. The number of hydrogen-bond donors (Lipinski definition) is 2. The van der Waals surface area contributed by atoms with Gasteiger partial charge in [0.1, 0.15) is 6.29 Å². The average Bonchev–Trinajstić information content (AvgIpc) is 2.88. The molecule has 3 unspecified atom stereocenters. The molecule has 3 fully saturated rings. The first-order valence-electron chi connectivity index (χ1n) is 12.0. The average molecular weight is 488 g/mol. The van der Waals surface area contributed by atoms with Crippen LogP contribution >= 0.6 is 0 Å². The smallest absolute Gasteiger partial charge is 0.336 e. The van der Waals surface area contributed by atoms with Crippen LogP contribution in [-0.2, 0) is 11.0 Å². The molecule has 2 aliphatic heterocycles. The molecule has 2 saturated heterocycles. The predicted octanol–water partition coefficient (Wildman–Crippen LogP) is 3.09. The van der Waals surface area contributed by atoms with E-state index >= 15 is 0 Å². The van der Waals surface area contributed by atoms with Crippen LogP contribution in [0.3, 0.4) is 0 Å². The summed E-state index contributed by atoms with van der Waals surface area (Å²) >= 11 is 0. The van der Waals surface area contributed by atoms with E-state index in [1.165, 1.54) is 18.5 Å². The van der Waals surface area contributed by atoms with Crippen molar-refractivity contribution >= 4 is 11.8 Å². The van der Waals surface area contributed by atoms with Gasteiger partial charge in [0.05, 0.1) is 17.0 Å². The highest BCUT2D eigenvalue weighted by Crippen LogP contribution is 2.32. The van der Waals surface area contributed by atoms with Crippen molar-refractivity contribution in [3.05, 3.63) is 53.9 Å². The molecule has 0 spiro atoms. The molecule has 7 nitrogen and oxygen atoms in total. The summed E-state index contributed by atoms with van der Waals surface area (Å²) in [6.45, 7) is 2.16. The number of amides is 2. The van der Waals surface area contributed by atoms with Crippen molar-refractivity contribution in [1.29, 1.82) is 0 Å². The highest BCUT2D eigenvalue weighted by Gasteiger charge is 2.40. The van der Waals surface area contributed by atoms with Crippen LogP contribution in [0.4, 0.5) is 13.2 Å². The summed E-state index contributed by atoms with van der Waals surface area (Å²) in [5.41, 5.74) is 0.400. The number of carbonyl (C=O) groups excluding carboxylic acids is 2. The number of alkyl halides is 3. The fraction of sp³-hybridized carbons (Fsp3) is 0.480. The summed E-state index contributed by atoms with van der Waals surface area (Å²) in [4.78, 5) is 33.7. The maximum Gasteiger partial charge on any atom is 0.416 e. The molecule has 2 N–H and O–H groups in total. The number of piperazine rings is 1. The maximum atomic E-state index is 13.1. The maximum absolute atomic E-state index is 13.1. The Morgan fingerprint density at radius 1 is 1.00 bits per heavy atom. The van der Waals surface area contributed by atoms with E-state index in [9.17, 15) is 22.8 Å². The van der Waals surface area contributed by atoms with Gasteiger partial charge in [-0.15, -0.1) is 0 Å². The number of pyridine rings is 1. The van der Waals surface area contributed by atoms with E-state index in [4.69, 9.17) is 0 Å². The lowest BCUT2D eigenvalue weighted by molar-refractivity contribution is -0.137. The lowest BCUT2D eigenvalue weighted by Gasteiger charge is -2.46. The van der Waals surface area contributed by atoms with Gasteiger partial charge in [-0.3, -0.25) is 24.8 Å². The number of halogens is 3. The van der Waals surface area contributed by atoms with Crippen molar-refractivity contribution in [3.63, 3.8) is 0 Å². The van der Waals surface area contributed by atoms with E-state index in [0.29, 0.717) is 42.9 Å². The van der Waals surface area contributed by atoms with Gasteiger partial charge in [0, 0.05) is 50.2 Å². The minimum Gasteiger partial charge on any atom is -0.336 e. The summed E-state index contributed by atoms with van der Waals surface area (Å²) in [6.07, 6.45) is 2.37. The van der Waals surface area contributed by atoms with Crippen molar-refractivity contribution in [1.82, 2.24) is 25.4 Å². The van der Waals surface area contributed by atoms with Crippen LogP contribution in [0.25, 0.3) is 11.1 Å². The summed E-state index contributed by atoms with van der Waals surface area (Å²) in [5.74, 6) is -0.0622. The minimum absolute atomic E-state index is 0.0412. The number of aromatic nitrogens is 1. The number of fused-ring (bicyclic) bond motifs is 1. The molecular weight excluding hydrogens is 459 g/mol. The number of nitrogens with one attached hydrogen (secondary N) is 2. The van der Waals surface area contributed by atoms with Crippen molar-refractivity contribution in [2.24, 2.45) is 5.92 Å². The van der Waals surface area contributed by atoms with E-state index < -0.39 is 11.7 Å². The molecule has 1 aliphatic carbocycles. The lowest BCUT2D eigenvalue weighted by atomic mass is 9.82. The first-order valence-corrected chi connectivity index (χ1v) is 12.0. The Labute approximate surface area is 201 Å². The Morgan fingerprint density at radius 2 is 1.77 bits per heavy atom. The van der Waals surface area contributed by atoms with Crippen LogP contribution in [0.1, 0.15) is 41.6 Å². The van der Waals surface area contributed by atoms with Gasteiger partial charge in [0.15, 0.2) is 0 Å². The second-order valence-electron chi connectivity index (χ2n) is 9.44. The number of carbonyl (C=O) groups is 2. The van der Waals surface area contributed by atoms with Gasteiger partial charge in [0.2, 0.25) is 5.91 Å². The van der Waals surface area contributed by atoms with Crippen molar-refractivity contribution in [2.45, 2.75) is 44.2 Å². The van der Waals surface area contributed by atoms with E-state index in [-0.39, 0.29) is 30.1 Å². The van der Waals surface area contributed by atoms with Gasteiger partial charge in [-0.25, -0.2) is 0 Å². The zero-order valence-corrected chi connectivity index (χ0v) is 19.2. The van der Waals surface area contributed by atoms with E-state index in [1.54, 1.807) is 17.0 Å². The highest BCUT2D eigenvalue weighted by molar-refractivity contribution is 5.95. The second kappa shape index (κ2) is 9.58. The third-order valence-electron chi connectivity index (χ3n) is 7.23. The molecular formula is C25H28F3N5O2. The first kappa shape index (κ1) is 23.7. The molecule has 3 aliphatic rings. The number of hydrogen-bond acceptors (Lipinski definition) is 5. The number of benzene rings is 1. The Bertz CT molecular complexity index is 1100. The second-order valence-corrected chi connectivity index (χ2v) is 9.44. The van der Waals surface area contributed by atoms with Gasteiger partial charge >= 0.3 is 6.18 Å². The van der Waals surface area contributed by atoms with Gasteiger partial charge in [0.25, 0.3) is 5.91 Å². The summed E-state index contributed by atoms with van der Waals surface area (Å²) < 4.78 is 39.3. The zero-order chi connectivity index (χ0) is 24.6. The molecule has 1 aromatic carbocycles. The van der Waals surface area contributed by atoms with Crippen LogP contribution in [-0.4, -0.2) is 65.1 Å². The van der Waals surface area contributed by atoms with E-state index in [2.05, 4.69) is 20.5 Å². The standard InChI is InChI=1S/C25H28F3N5O2/c26-25(27,28)19-5-3-4-16(13-19)17-12-18(15-29-14-17)23(35)32-8-10-33(11-9-32)24-30-21-7-2-1-6-20(21)22(34)31-24/h3-5,12-15,20-21,24,30H,1-2,6-11H2,(H,31,34). The normalized spacial score (nSPS) is 25.6.